The molecule has 1 saturated heterocycles. The Morgan fingerprint density at radius 3 is 2.60 bits per heavy atom. The van der Waals surface area contributed by atoms with Crippen molar-refractivity contribution in [3.8, 4) is 0 Å². The monoisotopic (exact) mass is 341 g/mol. The van der Waals surface area contributed by atoms with Crippen molar-refractivity contribution < 1.29 is 9.18 Å². The maximum Gasteiger partial charge on any atom is 0.256 e. The minimum Gasteiger partial charge on any atom is -0.381 e. The molecule has 4 nitrogen and oxygen atoms in total. The van der Waals surface area contributed by atoms with Gasteiger partial charge in [0.05, 0.1) is 5.56 Å². The number of benzene rings is 2. The van der Waals surface area contributed by atoms with Gasteiger partial charge in [-0.15, -0.1) is 0 Å². The molecule has 0 unspecified atom stereocenters. The van der Waals surface area contributed by atoms with Crippen molar-refractivity contribution >= 4 is 17.3 Å². The van der Waals surface area contributed by atoms with Gasteiger partial charge in [0.25, 0.3) is 5.91 Å². The van der Waals surface area contributed by atoms with Gasteiger partial charge in [0.1, 0.15) is 5.82 Å². The van der Waals surface area contributed by atoms with Crippen LogP contribution in [0.3, 0.4) is 0 Å². The number of rotatable bonds is 4. The molecule has 0 aromatic heterocycles. The number of para-hydroxylation sites is 1. The Kier molecular flexibility index (Phi) is 5.22. The third-order valence-electron chi connectivity index (χ3n) is 4.54. The van der Waals surface area contributed by atoms with E-state index in [4.69, 9.17) is 0 Å². The highest BCUT2D eigenvalue weighted by Gasteiger charge is 2.26. The van der Waals surface area contributed by atoms with Crippen molar-refractivity contribution in [1.82, 2.24) is 4.90 Å². The number of halogens is 1. The van der Waals surface area contributed by atoms with Gasteiger partial charge in [-0.25, -0.2) is 4.39 Å². The molecule has 3 rings (SSSR count). The summed E-state index contributed by atoms with van der Waals surface area (Å²) in [5.41, 5.74) is 2.55. The molecule has 2 aromatic rings. The van der Waals surface area contributed by atoms with Gasteiger partial charge in [-0.2, -0.15) is 0 Å². The SMILES string of the molecule is CN(C)c1ccccc1C(=O)N1CCC[C@@H](Nc2ccc(F)cc2)C1. The summed E-state index contributed by atoms with van der Waals surface area (Å²) in [6.07, 6.45) is 1.95. The molecular weight excluding hydrogens is 317 g/mol. The minimum absolute atomic E-state index is 0.0647. The second-order valence-electron chi connectivity index (χ2n) is 6.65. The number of hydrogen-bond acceptors (Lipinski definition) is 3. The normalized spacial score (nSPS) is 17.2. The van der Waals surface area contributed by atoms with E-state index in [1.165, 1.54) is 12.1 Å². The Morgan fingerprint density at radius 1 is 1.16 bits per heavy atom. The quantitative estimate of drug-likeness (QED) is 0.923. The van der Waals surface area contributed by atoms with Crippen LogP contribution in [0.2, 0.25) is 0 Å². The molecule has 0 saturated carbocycles. The molecule has 1 fully saturated rings. The molecule has 0 bridgehead atoms. The fourth-order valence-corrected chi connectivity index (χ4v) is 3.28. The van der Waals surface area contributed by atoms with E-state index in [-0.39, 0.29) is 17.8 Å². The fraction of sp³-hybridized carbons (Fsp3) is 0.350. The van der Waals surface area contributed by atoms with Gasteiger partial charge >= 0.3 is 0 Å². The van der Waals surface area contributed by atoms with Gasteiger partial charge in [-0.3, -0.25) is 4.79 Å². The smallest absolute Gasteiger partial charge is 0.256 e. The molecule has 1 aliphatic heterocycles. The molecule has 1 atom stereocenters. The third-order valence-corrected chi connectivity index (χ3v) is 4.54. The van der Waals surface area contributed by atoms with E-state index in [1.807, 2.05) is 48.2 Å². The number of likely N-dealkylation sites (tertiary alicyclic amines) is 1. The first kappa shape index (κ1) is 17.3. The number of nitrogens with zero attached hydrogens (tertiary/aromatic N) is 2. The first-order valence-corrected chi connectivity index (χ1v) is 8.62. The van der Waals surface area contributed by atoms with Gasteiger partial charge < -0.3 is 15.1 Å². The molecule has 0 aliphatic carbocycles. The van der Waals surface area contributed by atoms with Crippen molar-refractivity contribution in [2.24, 2.45) is 0 Å². The number of carbonyl (C=O) groups is 1. The van der Waals surface area contributed by atoms with Gasteiger partial charge in [0.2, 0.25) is 0 Å². The van der Waals surface area contributed by atoms with Crippen molar-refractivity contribution in [3.63, 3.8) is 0 Å². The summed E-state index contributed by atoms with van der Waals surface area (Å²) in [6.45, 7) is 1.42. The zero-order chi connectivity index (χ0) is 17.8. The van der Waals surface area contributed by atoms with Crippen molar-refractivity contribution in [1.29, 1.82) is 0 Å². The predicted molar refractivity (Wildman–Crippen MR) is 99.7 cm³/mol. The minimum atomic E-state index is -0.244. The maximum atomic E-state index is 13.0. The molecule has 1 amide bonds. The molecule has 132 valence electrons. The molecule has 0 spiro atoms. The molecule has 25 heavy (non-hydrogen) atoms. The average Bonchev–Trinajstić information content (AvgIpc) is 2.63. The number of anilines is 2. The first-order chi connectivity index (χ1) is 12.0. The lowest BCUT2D eigenvalue weighted by Crippen LogP contribution is -2.45. The highest BCUT2D eigenvalue weighted by molar-refractivity contribution is 5.99. The largest absolute Gasteiger partial charge is 0.381 e. The number of piperidine rings is 1. The standard InChI is InChI=1S/C20H24FN3O/c1-23(2)19-8-4-3-7-18(19)20(25)24-13-5-6-17(14-24)22-16-11-9-15(21)10-12-16/h3-4,7-12,17,22H,5-6,13-14H2,1-2H3/t17-/m1/s1. The van der Waals surface area contributed by atoms with Gasteiger partial charge in [0.15, 0.2) is 0 Å². The van der Waals surface area contributed by atoms with E-state index in [1.54, 1.807) is 12.1 Å². The van der Waals surface area contributed by atoms with Crippen LogP contribution in [0.25, 0.3) is 0 Å². The average molecular weight is 341 g/mol. The Morgan fingerprint density at radius 2 is 1.88 bits per heavy atom. The molecular formula is C20H24FN3O. The molecule has 0 radical (unpaired) electrons. The highest BCUT2D eigenvalue weighted by Crippen LogP contribution is 2.23. The van der Waals surface area contributed by atoms with Crippen molar-refractivity contribution in [3.05, 3.63) is 59.9 Å². The summed E-state index contributed by atoms with van der Waals surface area (Å²) in [5, 5.41) is 3.41. The number of hydrogen-bond donors (Lipinski definition) is 1. The molecule has 1 aliphatic rings. The van der Waals surface area contributed by atoms with E-state index in [2.05, 4.69) is 5.32 Å². The Labute approximate surface area is 148 Å². The van der Waals surface area contributed by atoms with Crippen LogP contribution in [0.5, 0.6) is 0 Å². The predicted octanol–water partition coefficient (Wildman–Crippen LogP) is 3.61. The summed E-state index contributed by atoms with van der Waals surface area (Å²) >= 11 is 0. The third kappa shape index (κ3) is 4.10. The number of nitrogens with one attached hydrogen (secondary N) is 1. The summed E-state index contributed by atoms with van der Waals surface area (Å²) in [4.78, 5) is 16.9. The molecule has 1 heterocycles. The van der Waals surface area contributed by atoms with Crippen LogP contribution in [0, 0.1) is 5.82 Å². The van der Waals surface area contributed by atoms with Crippen LogP contribution in [0.4, 0.5) is 15.8 Å². The maximum absolute atomic E-state index is 13.0. The van der Waals surface area contributed by atoms with Crippen LogP contribution in [-0.2, 0) is 0 Å². The molecule has 5 heteroatoms. The van der Waals surface area contributed by atoms with E-state index in [9.17, 15) is 9.18 Å². The first-order valence-electron chi connectivity index (χ1n) is 8.62. The van der Waals surface area contributed by atoms with E-state index >= 15 is 0 Å². The summed E-state index contributed by atoms with van der Waals surface area (Å²) < 4.78 is 13.0. The zero-order valence-corrected chi connectivity index (χ0v) is 14.7. The van der Waals surface area contributed by atoms with E-state index in [0.717, 1.165) is 36.3 Å². The summed E-state index contributed by atoms with van der Waals surface area (Å²) in [5.74, 6) is -0.179. The number of carbonyl (C=O) groups excluding carboxylic acids is 1. The Hall–Kier alpha value is -2.56. The topological polar surface area (TPSA) is 35.6 Å². The van der Waals surface area contributed by atoms with Gasteiger partial charge in [-0.05, 0) is 49.2 Å². The molecule has 1 N–H and O–H groups in total. The van der Waals surface area contributed by atoms with Gasteiger partial charge in [0, 0.05) is 44.6 Å². The fourth-order valence-electron chi connectivity index (χ4n) is 3.28. The van der Waals surface area contributed by atoms with Crippen molar-refractivity contribution in [2.45, 2.75) is 18.9 Å². The van der Waals surface area contributed by atoms with E-state index < -0.39 is 0 Å². The lowest BCUT2D eigenvalue weighted by molar-refractivity contribution is 0.0715. The zero-order valence-electron chi connectivity index (χ0n) is 14.7. The van der Waals surface area contributed by atoms with Crippen LogP contribution in [0.15, 0.2) is 48.5 Å². The molecule has 2 aromatic carbocycles. The summed E-state index contributed by atoms with van der Waals surface area (Å²) in [6, 6.07) is 14.2. The van der Waals surface area contributed by atoms with Crippen LogP contribution >= 0.6 is 0 Å². The lowest BCUT2D eigenvalue weighted by atomic mass is 10.0. The second kappa shape index (κ2) is 7.55. The van der Waals surface area contributed by atoms with Crippen LogP contribution in [-0.4, -0.2) is 44.0 Å². The second-order valence-corrected chi connectivity index (χ2v) is 6.65. The van der Waals surface area contributed by atoms with E-state index in [0.29, 0.717) is 6.54 Å². The van der Waals surface area contributed by atoms with Crippen molar-refractivity contribution in [2.75, 3.05) is 37.4 Å². The van der Waals surface area contributed by atoms with Crippen LogP contribution < -0.4 is 10.2 Å². The van der Waals surface area contributed by atoms with Crippen LogP contribution in [0.1, 0.15) is 23.2 Å². The summed E-state index contributed by atoms with van der Waals surface area (Å²) in [7, 11) is 3.89. The Bertz CT molecular complexity index is 730. The number of amides is 1. The lowest BCUT2D eigenvalue weighted by Gasteiger charge is -2.34. The Balaban J connectivity index is 1.71. The van der Waals surface area contributed by atoms with Gasteiger partial charge in [-0.1, -0.05) is 12.1 Å². The highest BCUT2D eigenvalue weighted by atomic mass is 19.1.